The van der Waals surface area contributed by atoms with Gasteiger partial charge < -0.3 is 4.42 Å². The van der Waals surface area contributed by atoms with Crippen LogP contribution in [-0.4, -0.2) is 24.5 Å². The zero-order valence-electron chi connectivity index (χ0n) is 16.6. The summed E-state index contributed by atoms with van der Waals surface area (Å²) >= 11 is 2.56. The number of nitrogens with zero attached hydrogens (tertiary/aromatic N) is 2. The van der Waals surface area contributed by atoms with Crippen molar-refractivity contribution in [1.82, 2.24) is 10.2 Å². The number of benzene rings is 2. The summed E-state index contributed by atoms with van der Waals surface area (Å²) in [6.45, 7) is 1.85. The third-order valence-electron chi connectivity index (χ3n) is 4.30. The van der Waals surface area contributed by atoms with Gasteiger partial charge in [-0.2, -0.15) is 0 Å². The first kappa shape index (κ1) is 22.2. The fraction of sp³-hybridized carbons (Fsp3) is 0.0952. The molecule has 0 fully saturated rings. The second kappa shape index (κ2) is 9.23. The summed E-state index contributed by atoms with van der Waals surface area (Å²) in [7, 11) is -3.87. The second-order valence-corrected chi connectivity index (χ2v) is 10.8. The summed E-state index contributed by atoms with van der Waals surface area (Å²) in [6.07, 6.45) is 0. The van der Waals surface area contributed by atoms with Gasteiger partial charge in [-0.05, 0) is 48.9 Å². The van der Waals surface area contributed by atoms with Gasteiger partial charge in [0.05, 0.1) is 4.90 Å². The molecular formula is C21H16FN3O4S3. The highest BCUT2D eigenvalue weighted by molar-refractivity contribution is 8.00. The lowest BCUT2D eigenvalue weighted by atomic mass is 10.2. The van der Waals surface area contributed by atoms with E-state index in [2.05, 4.69) is 15.5 Å². The number of aromatic nitrogens is 2. The molecule has 0 bridgehead atoms. The van der Waals surface area contributed by atoms with Gasteiger partial charge in [-0.25, -0.2) is 12.8 Å². The molecule has 2 aromatic carbocycles. The van der Waals surface area contributed by atoms with Crippen LogP contribution in [0.1, 0.15) is 21.7 Å². The van der Waals surface area contributed by atoms with Crippen LogP contribution >= 0.6 is 23.1 Å². The van der Waals surface area contributed by atoms with Gasteiger partial charge in [-0.1, -0.05) is 52.9 Å². The number of amides is 1. The molecule has 1 amide bonds. The highest BCUT2D eigenvalue weighted by Gasteiger charge is 2.24. The average molecular weight is 490 g/mol. The Hall–Kier alpha value is -3.02. The molecule has 0 saturated carbocycles. The molecule has 7 nitrogen and oxygen atoms in total. The van der Waals surface area contributed by atoms with E-state index in [0.29, 0.717) is 10.1 Å². The van der Waals surface area contributed by atoms with Gasteiger partial charge in [-0.3, -0.25) is 10.1 Å². The number of thioether (sulfide) groups is 1. The Bertz CT molecular complexity index is 1350. The quantitative estimate of drug-likeness (QED) is 0.289. The number of nitrogens with one attached hydrogen (secondary N) is 1. The minimum Gasteiger partial charge on any atom is -0.439 e. The van der Waals surface area contributed by atoms with Gasteiger partial charge in [0.25, 0.3) is 5.91 Å². The summed E-state index contributed by atoms with van der Waals surface area (Å²) in [5.41, 5.74) is 1.85. The smallest absolute Gasteiger partial charge is 0.293 e. The molecule has 0 unspecified atom stereocenters. The Labute approximate surface area is 191 Å². The Balaban J connectivity index is 1.40. The van der Waals surface area contributed by atoms with Crippen molar-refractivity contribution in [2.45, 2.75) is 27.0 Å². The fourth-order valence-corrected chi connectivity index (χ4v) is 5.50. The summed E-state index contributed by atoms with van der Waals surface area (Å²) in [5.74, 6) is -0.526. The normalized spacial score (nSPS) is 11.4. The number of aryl methyl sites for hydroxylation is 1. The van der Waals surface area contributed by atoms with Gasteiger partial charge in [0.1, 0.15) is 5.82 Å². The van der Waals surface area contributed by atoms with Gasteiger partial charge in [0.2, 0.25) is 20.1 Å². The Kier molecular flexibility index (Phi) is 6.40. The molecule has 4 aromatic rings. The van der Waals surface area contributed by atoms with Crippen LogP contribution in [0.25, 0.3) is 0 Å². The summed E-state index contributed by atoms with van der Waals surface area (Å²) in [5, 5.41) is 10.4. The summed E-state index contributed by atoms with van der Waals surface area (Å²) in [4.78, 5) is 12.5. The van der Waals surface area contributed by atoms with E-state index in [1.54, 1.807) is 24.3 Å². The number of carbonyl (C=O) groups excluding carboxylic acids is 1. The van der Waals surface area contributed by atoms with Gasteiger partial charge in [-0.15, -0.1) is 10.2 Å². The van der Waals surface area contributed by atoms with Crippen LogP contribution in [0.15, 0.2) is 79.4 Å². The molecule has 164 valence electrons. The minimum atomic E-state index is -3.87. The van der Waals surface area contributed by atoms with Crippen molar-refractivity contribution in [3.63, 3.8) is 0 Å². The molecule has 0 radical (unpaired) electrons. The lowest BCUT2D eigenvalue weighted by Gasteiger charge is -2.02. The maximum Gasteiger partial charge on any atom is 0.293 e. The minimum absolute atomic E-state index is 0.0800. The molecule has 32 heavy (non-hydrogen) atoms. The van der Waals surface area contributed by atoms with E-state index in [0.717, 1.165) is 22.5 Å². The highest BCUT2D eigenvalue weighted by Crippen LogP contribution is 2.29. The van der Waals surface area contributed by atoms with E-state index < -0.39 is 15.7 Å². The third kappa shape index (κ3) is 5.06. The fourth-order valence-electron chi connectivity index (χ4n) is 2.62. The number of sulfone groups is 1. The van der Waals surface area contributed by atoms with Crippen molar-refractivity contribution in [1.29, 1.82) is 0 Å². The molecule has 0 aliphatic carbocycles. The Morgan fingerprint density at radius 3 is 2.50 bits per heavy atom. The molecule has 0 aliphatic rings. The van der Waals surface area contributed by atoms with Crippen LogP contribution in [0.4, 0.5) is 9.52 Å². The zero-order chi connectivity index (χ0) is 22.7. The molecule has 0 atom stereocenters. The molecule has 0 spiro atoms. The number of halogens is 1. The van der Waals surface area contributed by atoms with E-state index in [1.165, 1.54) is 48.2 Å². The first-order valence-corrected chi connectivity index (χ1v) is 12.5. The van der Waals surface area contributed by atoms with Crippen LogP contribution in [0.3, 0.4) is 0 Å². The lowest BCUT2D eigenvalue weighted by Crippen LogP contribution is -2.10. The van der Waals surface area contributed by atoms with Crippen LogP contribution < -0.4 is 5.32 Å². The number of hydrogen-bond donors (Lipinski definition) is 1. The topological polar surface area (TPSA) is 102 Å². The Morgan fingerprint density at radius 2 is 1.78 bits per heavy atom. The molecule has 11 heteroatoms. The Morgan fingerprint density at radius 1 is 1.06 bits per heavy atom. The zero-order valence-corrected chi connectivity index (χ0v) is 19.1. The first-order valence-electron chi connectivity index (χ1n) is 9.25. The van der Waals surface area contributed by atoms with E-state index >= 15 is 0 Å². The number of hydrogen-bond acceptors (Lipinski definition) is 8. The second-order valence-electron chi connectivity index (χ2n) is 6.68. The molecule has 2 aromatic heterocycles. The molecular weight excluding hydrogens is 473 g/mol. The van der Waals surface area contributed by atoms with E-state index in [-0.39, 0.29) is 26.7 Å². The maximum absolute atomic E-state index is 13.0. The number of rotatable bonds is 7. The molecule has 0 aliphatic heterocycles. The van der Waals surface area contributed by atoms with Crippen molar-refractivity contribution in [3.8, 4) is 0 Å². The maximum atomic E-state index is 13.0. The average Bonchev–Trinajstić information content (AvgIpc) is 3.44. The number of furan rings is 1. The van der Waals surface area contributed by atoms with Crippen molar-refractivity contribution >= 4 is 44.0 Å². The van der Waals surface area contributed by atoms with Gasteiger partial charge >= 0.3 is 0 Å². The van der Waals surface area contributed by atoms with Crippen LogP contribution in [0.5, 0.6) is 0 Å². The third-order valence-corrected chi connectivity index (χ3v) is 7.99. The predicted molar refractivity (Wildman–Crippen MR) is 119 cm³/mol. The first-order chi connectivity index (χ1) is 15.3. The number of anilines is 1. The molecule has 2 heterocycles. The molecule has 4 rings (SSSR count). The van der Waals surface area contributed by atoms with Gasteiger partial charge in [0, 0.05) is 5.75 Å². The van der Waals surface area contributed by atoms with Crippen LogP contribution in [0, 0.1) is 12.7 Å². The summed E-state index contributed by atoms with van der Waals surface area (Å²) in [6, 6.07) is 15.0. The standard InChI is InChI=1S/C21H16FN3O4S3/c1-13-2-8-16(9-3-13)32(27,28)18-11-10-17(29-18)19(26)23-20-24-25-21(31-20)30-12-14-4-6-15(22)7-5-14/h2-11H,12H2,1H3,(H,23,24,26). The molecule has 1 N–H and O–H groups in total. The van der Waals surface area contributed by atoms with E-state index in [4.69, 9.17) is 4.42 Å². The van der Waals surface area contributed by atoms with E-state index in [1.807, 2.05) is 6.92 Å². The monoisotopic (exact) mass is 489 g/mol. The summed E-state index contributed by atoms with van der Waals surface area (Å²) < 4.78 is 44.3. The van der Waals surface area contributed by atoms with Crippen molar-refractivity contribution in [2.24, 2.45) is 0 Å². The van der Waals surface area contributed by atoms with Crippen LogP contribution in [0.2, 0.25) is 0 Å². The van der Waals surface area contributed by atoms with Crippen molar-refractivity contribution in [3.05, 3.63) is 83.4 Å². The molecule has 0 saturated heterocycles. The van der Waals surface area contributed by atoms with Crippen molar-refractivity contribution < 1.29 is 22.0 Å². The lowest BCUT2D eigenvalue weighted by molar-refractivity contribution is 0.0991. The van der Waals surface area contributed by atoms with Crippen molar-refractivity contribution in [2.75, 3.05) is 5.32 Å². The largest absolute Gasteiger partial charge is 0.439 e. The highest BCUT2D eigenvalue weighted by atomic mass is 32.2. The van der Waals surface area contributed by atoms with Gasteiger partial charge in [0.15, 0.2) is 10.1 Å². The van der Waals surface area contributed by atoms with E-state index in [9.17, 15) is 17.6 Å². The van der Waals surface area contributed by atoms with Crippen LogP contribution in [-0.2, 0) is 15.6 Å². The predicted octanol–water partition coefficient (Wildman–Crippen LogP) is 4.96. The number of carbonyl (C=O) groups is 1. The SMILES string of the molecule is Cc1ccc(S(=O)(=O)c2ccc(C(=O)Nc3nnc(SCc4ccc(F)cc4)s3)o2)cc1.